The maximum absolute atomic E-state index is 14.8. The Labute approximate surface area is 317 Å². The number of ether oxygens (including phenoxy) is 2. The number of hydrogen-bond acceptors (Lipinski definition) is 9. The summed E-state index contributed by atoms with van der Waals surface area (Å²) in [7, 11) is -3.93. The molecule has 3 aliphatic carbocycles. The van der Waals surface area contributed by atoms with Crippen LogP contribution in [-0.4, -0.2) is 76.6 Å². The van der Waals surface area contributed by atoms with E-state index in [9.17, 15) is 27.6 Å². The third kappa shape index (κ3) is 6.68. The molecule has 1 aromatic carbocycles. The highest BCUT2D eigenvalue weighted by Gasteiger charge is 2.63. The van der Waals surface area contributed by atoms with E-state index in [1.165, 1.54) is 0 Å². The first kappa shape index (κ1) is 36.9. The topological polar surface area (TPSA) is 161 Å². The monoisotopic (exact) mass is 760 g/mol. The number of allylic oxidation sites excluding steroid dienone is 2. The lowest BCUT2D eigenvalue weighted by atomic mass is 9.82. The van der Waals surface area contributed by atoms with Crippen molar-refractivity contribution in [1.82, 2.24) is 19.9 Å². The van der Waals surface area contributed by atoms with Crippen molar-refractivity contribution in [2.45, 2.75) is 145 Å². The number of amides is 3. The van der Waals surface area contributed by atoms with Gasteiger partial charge in [-0.2, -0.15) is 0 Å². The molecule has 4 fully saturated rings. The standard InChI is InChI=1S/C41H52N4O8S/c1-26-34-29(28-13-9-10-14-30(28)42-26)16-19-40(52-34)23-32-33(46)24-41(36(48)44-54(50,51)39(3)20-21-39)22-27(41)12-7-5-4-6-8-15-31(35(47)45(32)25-40)43-37(49)53-38(2)17-11-18-38/h7,9-10,12-14,27,31-32H,4-6,8,11,15-25H2,1-3H3,(H,43,49)(H,44,48)/b12-7-/t27-,31+,32+,40-,41-/m1/s1. The molecule has 3 amide bonds. The molecule has 0 bridgehead atoms. The van der Waals surface area contributed by atoms with Crippen LogP contribution in [0.3, 0.4) is 0 Å². The lowest BCUT2D eigenvalue weighted by Crippen LogP contribution is -2.54. The summed E-state index contributed by atoms with van der Waals surface area (Å²) in [5.41, 5.74) is -0.0545. The Balaban J connectivity index is 1.12. The van der Waals surface area contributed by atoms with Crippen LogP contribution in [0.2, 0.25) is 0 Å². The van der Waals surface area contributed by atoms with E-state index in [4.69, 9.17) is 14.5 Å². The third-order valence-corrected chi connectivity index (χ3v) is 15.5. The largest absolute Gasteiger partial charge is 0.483 e. The Morgan fingerprint density at radius 2 is 1.78 bits per heavy atom. The van der Waals surface area contributed by atoms with Crippen molar-refractivity contribution in [1.29, 1.82) is 0 Å². The van der Waals surface area contributed by atoms with Crippen LogP contribution in [-0.2, 0) is 35.6 Å². The van der Waals surface area contributed by atoms with Gasteiger partial charge in [0.2, 0.25) is 21.8 Å². The van der Waals surface area contributed by atoms with Gasteiger partial charge in [-0.15, -0.1) is 0 Å². The number of fused-ring (bicyclic) bond motifs is 5. The van der Waals surface area contributed by atoms with Crippen LogP contribution in [0.15, 0.2) is 36.4 Å². The molecule has 2 aromatic rings. The van der Waals surface area contributed by atoms with E-state index < -0.39 is 55.5 Å². The summed E-state index contributed by atoms with van der Waals surface area (Å²) in [6.45, 7) is 5.55. The molecule has 6 aliphatic rings. The smallest absolute Gasteiger partial charge is 0.408 e. The van der Waals surface area contributed by atoms with Crippen LogP contribution in [0.1, 0.15) is 115 Å². The zero-order valence-corrected chi connectivity index (χ0v) is 32.4. The van der Waals surface area contributed by atoms with Crippen molar-refractivity contribution in [2.75, 3.05) is 6.54 Å². The van der Waals surface area contributed by atoms with Gasteiger partial charge in [0.15, 0.2) is 5.78 Å². The Morgan fingerprint density at radius 1 is 1.00 bits per heavy atom. The van der Waals surface area contributed by atoms with Gasteiger partial charge in [0.25, 0.3) is 0 Å². The molecule has 3 saturated carbocycles. The molecule has 1 spiro atoms. The lowest BCUT2D eigenvalue weighted by Gasteiger charge is -2.38. The number of benzene rings is 1. The van der Waals surface area contributed by atoms with E-state index in [1.807, 2.05) is 50.3 Å². The normalized spacial score (nSPS) is 32.1. The number of pyridine rings is 1. The van der Waals surface area contributed by atoms with Crippen molar-refractivity contribution < 1.29 is 37.1 Å². The number of ketones is 1. The second-order valence-corrected chi connectivity index (χ2v) is 19.6. The molecule has 1 saturated heterocycles. The summed E-state index contributed by atoms with van der Waals surface area (Å²) < 4.78 is 40.5. The molecule has 12 nitrogen and oxygen atoms in total. The molecule has 8 rings (SSSR count). The zero-order chi connectivity index (χ0) is 38.1. The number of alkyl carbamates (subject to hydrolysis) is 1. The van der Waals surface area contributed by atoms with Crippen LogP contribution in [0, 0.1) is 18.3 Å². The predicted molar refractivity (Wildman–Crippen MR) is 201 cm³/mol. The Hall–Kier alpha value is -4.00. The van der Waals surface area contributed by atoms with Crippen molar-refractivity contribution in [2.24, 2.45) is 11.3 Å². The SMILES string of the molecule is Cc1nc2ccccc2c2c1O[C@]1(CC2)C[C@H]2C(=O)C[C@]3(C(=O)NS(=O)(=O)C4(C)CC4)C[C@H]3/C=C\CCCCC[C@H](NC(=O)OC3(C)CCC3)C(=O)N2C1. The van der Waals surface area contributed by atoms with E-state index in [0.717, 1.165) is 60.7 Å². The van der Waals surface area contributed by atoms with Gasteiger partial charge in [-0.05, 0) is 103 Å². The van der Waals surface area contributed by atoms with Gasteiger partial charge in [0.1, 0.15) is 23.0 Å². The summed E-state index contributed by atoms with van der Waals surface area (Å²) in [6.07, 6.45) is 11.7. The van der Waals surface area contributed by atoms with Gasteiger partial charge in [0.05, 0.1) is 34.0 Å². The lowest BCUT2D eigenvalue weighted by molar-refractivity contribution is -0.141. The van der Waals surface area contributed by atoms with Crippen LogP contribution in [0.25, 0.3) is 10.9 Å². The van der Waals surface area contributed by atoms with Crippen molar-refractivity contribution in [3.8, 4) is 5.75 Å². The van der Waals surface area contributed by atoms with Gasteiger partial charge in [0, 0.05) is 23.8 Å². The second kappa shape index (κ2) is 13.3. The summed E-state index contributed by atoms with van der Waals surface area (Å²) in [6, 6.07) is 6.05. The first-order valence-corrected chi connectivity index (χ1v) is 21.3. The van der Waals surface area contributed by atoms with Crippen molar-refractivity contribution in [3.05, 3.63) is 47.7 Å². The van der Waals surface area contributed by atoms with Crippen LogP contribution in [0.4, 0.5) is 4.79 Å². The van der Waals surface area contributed by atoms with Crippen LogP contribution >= 0.6 is 0 Å². The first-order chi connectivity index (χ1) is 25.7. The van der Waals surface area contributed by atoms with Gasteiger partial charge in [-0.25, -0.2) is 18.2 Å². The zero-order valence-electron chi connectivity index (χ0n) is 31.6. The van der Waals surface area contributed by atoms with Gasteiger partial charge >= 0.3 is 6.09 Å². The molecular formula is C41H52N4O8S. The highest BCUT2D eigenvalue weighted by molar-refractivity contribution is 7.91. The quantitative estimate of drug-likeness (QED) is 0.363. The number of aromatic nitrogens is 1. The van der Waals surface area contributed by atoms with Gasteiger partial charge < -0.3 is 19.7 Å². The number of hydrogen-bond donors (Lipinski definition) is 2. The minimum atomic E-state index is -3.93. The summed E-state index contributed by atoms with van der Waals surface area (Å²) in [4.78, 5) is 63.2. The fourth-order valence-corrected chi connectivity index (χ4v) is 10.5. The second-order valence-electron chi connectivity index (χ2n) is 17.4. The van der Waals surface area contributed by atoms with E-state index in [2.05, 4.69) is 10.0 Å². The molecule has 0 radical (unpaired) electrons. The van der Waals surface area contributed by atoms with Gasteiger partial charge in [-0.1, -0.05) is 43.2 Å². The molecule has 2 N–H and O–H groups in total. The van der Waals surface area contributed by atoms with Crippen molar-refractivity contribution in [3.63, 3.8) is 0 Å². The fourth-order valence-electron chi connectivity index (χ4n) is 9.15. The number of rotatable bonds is 5. The number of para-hydroxylation sites is 1. The number of nitrogens with one attached hydrogen (secondary N) is 2. The highest BCUT2D eigenvalue weighted by atomic mass is 32.2. The van der Waals surface area contributed by atoms with Crippen LogP contribution < -0.4 is 14.8 Å². The summed E-state index contributed by atoms with van der Waals surface area (Å²) in [5.74, 6) is -0.993. The molecule has 54 heavy (non-hydrogen) atoms. The number of aryl methyl sites for hydroxylation is 2. The molecule has 290 valence electrons. The summed E-state index contributed by atoms with van der Waals surface area (Å²) in [5, 5.41) is 3.88. The minimum Gasteiger partial charge on any atom is -0.483 e. The Kier molecular flexibility index (Phi) is 9.13. The van der Waals surface area contributed by atoms with E-state index in [0.29, 0.717) is 50.7 Å². The molecule has 4 heterocycles. The Morgan fingerprint density at radius 3 is 2.52 bits per heavy atom. The number of Topliss-reactive ketones (excluding diaryl/α,β-unsaturated/α-hetero) is 1. The van der Waals surface area contributed by atoms with Crippen molar-refractivity contribution >= 4 is 44.6 Å². The summed E-state index contributed by atoms with van der Waals surface area (Å²) >= 11 is 0. The molecule has 0 unspecified atom stereocenters. The molecular weight excluding hydrogens is 709 g/mol. The number of sulfonamides is 1. The number of carbonyl (C=O) groups is 4. The average Bonchev–Trinajstić information content (AvgIpc) is 4.01. The van der Waals surface area contributed by atoms with E-state index in [1.54, 1.807) is 11.8 Å². The van der Waals surface area contributed by atoms with E-state index >= 15 is 0 Å². The molecule has 13 heteroatoms. The van der Waals surface area contributed by atoms with E-state index in [-0.39, 0.29) is 37.0 Å². The van der Waals surface area contributed by atoms with Crippen LogP contribution in [0.5, 0.6) is 5.75 Å². The number of carbonyl (C=O) groups excluding carboxylic acids is 4. The average molecular weight is 761 g/mol. The maximum Gasteiger partial charge on any atom is 0.408 e. The third-order valence-electron chi connectivity index (χ3n) is 13.3. The fraction of sp³-hybridized carbons (Fsp3) is 0.634. The highest BCUT2D eigenvalue weighted by Crippen LogP contribution is 2.58. The van der Waals surface area contributed by atoms with Gasteiger partial charge in [-0.3, -0.25) is 19.1 Å². The first-order valence-electron chi connectivity index (χ1n) is 19.8. The minimum absolute atomic E-state index is 0.119. The molecule has 5 atom stereocenters. The Bertz CT molecular complexity index is 2040. The maximum atomic E-state index is 14.8. The molecule has 3 aliphatic heterocycles. The number of nitrogens with zero attached hydrogens (tertiary/aromatic N) is 2. The molecule has 1 aromatic heterocycles. The predicted octanol–water partition coefficient (Wildman–Crippen LogP) is 5.73.